The van der Waals surface area contributed by atoms with Gasteiger partial charge in [-0.2, -0.15) is 11.1 Å². The van der Waals surface area contributed by atoms with E-state index >= 15 is 0 Å². The Balaban J connectivity index is -0.000000180. The zero-order chi connectivity index (χ0) is 11.7. The first-order valence-electron chi connectivity index (χ1n) is 4.73. The summed E-state index contributed by atoms with van der Waals surface area (Å²) in [7, 11) is 0. The molecule has 0 nitrogen and oxygen atoms in total. The fraction of sp³-hybridized carbons (Fsp3) is 0.429. The number of hydrogen-bond donors (Lipinski definition) is 0. The molecule has 0 aromatic rings. The second-order valence-corrected chi connectivity index (χ2v) is 3.93. The zero-order valence-electron chi connectivity index (χ0n) is 10.6. The monoisotopic (exact) mass is 383 g/mol. The summed E-state index contributed by atoms with van der Waals surface area (Å²) in [5.41, 5.74) is 4.25. The van der Waals surface area contributed by atoms with Crippen LogP contribution >= 0.6 is 0 Å². The molecule has 0 heterocycles. The van der Waals surface area contributed by atoms with Crippen molar-refractivity contribution in [3.63, 3.8) is 0 Å². The SMILES string of the molecule is [CH-]=C(C)C=C(C)C.[CH-]=C(C)C=C(C)C.[Ir]. The van der Waals surface area contributed by atoms with Gasteiger partial charge in [0.25, 0.3) is 0 Å². The first kappa shape index (κ1) is 20.1. The molecule has 0 aliphatic rings. The molecule has 1 heteroatoms. The molecule has 0 unspecified atom stereocenters. The van der Waals surface area contributed by atoms with Gasteiger partial charge in [0, 0.05) is 20.1 Å². The van der Waals surface area contributed by atoms with Gasteiger partial charge >= 0.3 is 0 Å². The summed E-state index contributed by atoms with van der Waals surface area (Å²) >= 11 is 0. The van der Waals surface area contributed by atoms with E-state index in [1.807, 2.05) is 53.7 Å². The molecule has 0 fully saturated rings. The average Bonchev–Trinajstić information content (AvgIpc) is 1.79. The van der Waals surface area contributed by atoms with Crippen LogP contribution in [0.3, 0.4) is 0 Å². The average molecular weight is 383 g/mol. The van der Waals surface area contributed by atoms with Crippen LogP contribution in [0.2, 0.25) is 0 Å². The maximum Gasteiger partial charge on any atom is 0 e. The first-order chi connectivity index (χ1) is 6.25. The van der Waals surface area contributed by atoms with Crippen molar-refractivity contribution in [1.82, 2.24) is 0 Å². The molecule has 0 bridgehead atoms. The molecule has 15 heavy (non-hydrogen) atoms. The van der Waals surface area contributed by atoms with Gasteiger partial charge in [-0.3, -0.25) is 13.2 Å². The molecule has 89 valence electrons. The number of hydrogen-bond acceptors (Lipinski definition) is 0. The predicted octanol–water partition coefficient (Wildman–Crippen LogP) is 4.66. The van der Waals surface area contributed by atoms with Crippen LogP contribution in [0, 0.1) is 13.2 Å². The molecule has 0 amide bonds. The Morgan fingerprint density at radius 1 is 0.667 bits per heavy atom. The topological polar surface area (TPSA) is 0 Å². The minimum atomic E-state index is 0. The number of rotatable bonds is 2. The molecule has 0 N–H and O–H groups in total. The largest absolute Gasteiger partial charge is 0.290 e. The van der Waals surface area contributed by atoms with Crippen LogP contribution in [0.4, 0.5) is 0 Å². The van der Waals surface area contributed by atoms with Crippen LogP contribution in [-0.2, 0) is 20.1 Å². The Morgan fingerprint density at radius 2 is 0.867 bits per heavy atom. The van der Waals surface area contributed by atoms with Crippen LogP contribution in [0.15, 0.2) is 34.4 Å². The predicted molar refractivity (Wildman–Crippen MR) is 65.8 cm³/mol. The van der Waals surface area contributed by atoms with Crippen molar-refractivity contribution in [2.24, 2.45) is 0 Å². The third-order valence-corrected chi connectivity index (χ3v) is 1.03. The fourth-order valence-electron chi connectivity index (χ4n) is 0.911. The van der Waals surface area contributed by atoms with Crippen molar-refractivity contribution < 1.29 is 20.1 Å². The molecular weight excluding hydrogens is 360 g/mol. The third-order valence-electron chi connectivity index (χ3n) is 1.03. The maximum absolute atomic E-state index is 5.33. The molecule has 0 aromatic carbocycles. The normalized spacial score (nSPS) is 7.33. The van der Waals surface area contributed by atoms with Gasteiger partial charge in [0.15, 0.2) is 0 Å². The van der Waals surface area contributed by atoms with Crippen molar-refractivity contribution in [1.29, 1.82) is 0 Å². The van der Waals surface area contributed by atoms with E-state index in [0.717, 1.165) is 11.1 Å². The molecule has 1 radical (unpaired) electrons. The van der Waals surface area contributed by atoms with Crippen LogP contribution in [0.25, 0.3) is 0 Å². The Labute approximate surface area is 109 Å². The second-order valence-electron chi connectivity index (χ2n) is 3.93. The van der Waals surface area contributed by atoms with E-state index in [-0.39, 0.29) is 20.1 Å². The van der Waals surface area contributed by atoms with Gasteiger partial charge in [0.1, 0.15) is 0 Å². The van der Waals surface area contributed by atoms with Crippen molar-refractivity contribution in [2.75, 3.05) is 0 Å². The smallest absolute Gasteiger partial charge is 0 e. The van der Waals surface area contributed by atoms with E-state index in [9.17, 15) is 0 Å². The summed E-state index contributed by atoms with van der Waals surface area (Å²) in [5, 5.41) is 0. The quantitative estimate of drug-likeness (QED) is 0.481. The van der Waals surface area contributed by atoms with E-state index in [4.69, 9.17) is 13.2 Å². The Kier molecular flexibility index (Phi) is 15.6. The molecular formula is C14H22Ir-2. The van der Waals surface area contributed by atoms with Crippen molar-refractivity contribution in [3.8, 4) is 0 Å². The Morgan fingerprint density at radius 3 is 0.867 bits per heavy atom. The molecule has 0 aliphatic carbocycles. The molecule has 0 saturated heterocycles. The summed E-state index contributed by atoms with van der Waals surface area (Å²) in [5.74, 6) is 0. The molecule has 0 rings (SSSR count). The standard InChI is InChI=1S/2C7H11.Ir/c2*1-6(2)5-7(3)4;/h2*1,5H,2-4H3;/q2*-1;. The number of allylic oxidation sites excluding steroid dienone is 6. The molecule has 0 spiro atoms. The van der Waals surface area contributed by atoms with Gasteiger partial charge in [0.05, 0.1) is 0 Å². The second kappa shape index (κ2) is 11.7. The minimum Gasteiger partial charge on any atom is -0.290 e. The first-order valence-corrected chi connectivity index (χ1v) is 4.73. The molecule has 0 aromatic heterocycles. The zero-order valence-corrected chi connectivity index (χ0v) is 13.0. The summed E-state index contributed by atoms with van der Waals surface area (Å²) in [6.07, 6.45) is 3.89. The van der Waals surface area contributed by atoms with Crippen molar-refractivity contribution in [2.45, 2.75) is 41.5 Å². The molecule has 0 atom stereocenters. The maximum atomic E-state index is 5.33. The van der Waals surface area contributed by atoms with Crippen LogP contribution in [-0.4, -0.2) is 0 Å². The Hall–Kier alpha value is -0.391. The Bertz CT molecular complexity index is 219. The van der Waals surface area contributed by atoms with Gasteiger partial charge in [-0.15, -0.1) is 0 Å². The summed E-state index contributed by atoms with van der Waals surface area (Å²) in [6, 6.07) is 0. The van der Waals surface area contributed by atoms with Crippen LogP contribution in [0.5, 0.6) is 0 Å². The van der Waals surface area contributed by atoms with E-state index in [1.54, 1.807) is 0 Å². The van der Waals surface area contributed by atoms with Gasteiger partial charge in [0.2, 0.25) is 0 Å². The fourth-order valence-corrected chi connectivity index (χ4v) is 0.911. The summed E-state index contributed by atoms with van der Waals surface area (Å²) < 4.78 is 0. The van der Waals surface area contributed by atoms with E-state index in [2.05, 4.69) is 0 Å². The van der Waals surface area contributed by atoms with Gasteiger partial charge in [-0.05, 0) is 0 Å². The summed E-state index contributed by atoms with van der Waals surface area (Å²) in [4.78, 5) is 0. The van der Waals surface area contributed by atoms with Crippen molar-refractivity contribution in [3.05, 3.63) is 47.6 Å². The van der Waals surface area contributed by atoms with E-state index in [0.29, 0.717) is 0 Å². The van der Waals surface area contributed by atoms with Crippen LogP contribution < -0.4 is 0 Å². The van der Waals surface area contributed by atoms with Gasteiger partial charge in [-0.1, -0.05) is 41.5 Å². The molecule has 0 aliphatic heterocycles. The third kappa shape index (κ3) is 31.7. The minimum absolute atomic E-state index is 0. The van der Waals surface area contributed by atoms with E-state index in [1.165, 1.54) is 11.1 Å². The summed E-state index contributed by atoms with van der Waals surface area (Å²) in [6.45, 7) is 22.5. The van der Waals surface area contributed by atoms with E-state index < -0.39 is 0 Å². The molecule has 0 saturated carbocycles. The van der Waals surface area contributed by atoms with Crippen LogP contribution in [0.1, 0.15) is 41.5 Å². The van der Waals surface area contributed by atoms with Gasteiger partial charge in [-0.25, -0.2) is 23.3 Å². The van der Waals surface area contributed by atoms with Gasteiger partial charge < -0.3 is 0 Å². The van der Waals surface area contributed by atoms with Crippen molar-refractivity contribution >= 4 is 0 Å².